The standard InChI is InChI=1S/C10H22N2S/c1-5-9(4)12(6-2)7-8(3)10(11)13/h8-9H,5-7H2,1-4H3,(H2,11,13). The molecule has 0 amide bonds. The van der Waals surface area contributed by atoms with Crippen LogP contribution in [0.4, 0.5) is 0 Å². The molecule has 0 bridgehead atoms. The molecule has 2 unspecified atom stereocenters. The van der Waals surface area contributed by atoms with Crippen molar-refractivity contribution < 1.29 is 0 Å². The fourth-order valence-electron chi connectivity index (χ4n) is 1.32. The van der Waals surface area contributed by atoms with Crippen molar-refractivity contribution in [1.29, 1.82) is 0 Å². The van der Waals surface area contributed by atoms with Crippen LogP contribution in [-0.2, 0) is 0 Å². The Balaban J connectivity index is 4.04. The van der Waals surface area contributed by atoms with E-state index in [1.54, 1.807) is 0 Å². The minimum atomic E-state index is 0.323. The van der Waals surface area contributed by atoms with Gasteiger partial charge in [-0.15, -0.1) is 0 Å². The van der Waals surface area contributed by atoms with E-state index < -0.39 is 0 Å². The number of nitrogens with zero attached hydrogens (tertiary/aromatic N) is 1. The number of hydrogen-bond acceptors (Lipinski definition) is 2. The average Bonchev–Trinajstić information content (AvgIpc) is 2.12. The highest BCUT2D eigenvalue weighted by atomic mass is 32.1. The van der Waals surface area contributed by atoms with Gasteiger partial charge in [0.1, 0.15) is 0 Å². The van der Waals surface area contributed by atoms with Crippen molar-refractivity contribution in [3.05, 3.63) is 0 Å². The van der Waals surface area contributed by atoms with Crippen molar-refractivity contribution in [2.24, 2.45) is 11.7 Å². The van der Waals surface area contributed by atoms with Crippen LogP contribution in [0.2, 0.25) is 0 Å². The van der Waals surface area contributed by atoms with Crippen molar-refractivity contribution in [3.8, 4) is 0 Å². The summed E-state index contributed by atoms with van der Waals surface area (Å²) in [4.78, 5) is 3.05. The Morgan fingerprint density at radius 1 is 1.38 bits per heavy atom. The molecule has 78 valence electrons. The van der Waals surface area contributed by atoms with E-state index >= 15 is 0 Å². The minimum absolute atomic E-state index is 0.323. The lowest BCUT2D eigenvalue weighted by molar-refractivity contribution is 0.203. The van der Waals surface area contributed by atoms with E-state index in [1.807, 2.05) is 0 Å². The molecule has 2 atom stereocenters. The fraction of sp³-hybridized carbons (Fsp3) is 0.900. The van der Waals surface area contributed by atoms with E-state index in [1.165, 1.54) is 6.42 Å². The van der Waals surface area contributed by atoms with Crippen molar-refractivity contribution in [2.75, 3.05) is 13.1 Å². The quantitative estimate of drug-likeness (QED) is 0.668. The van der Waals surface area contributed by atoms with Crippen LogP contribution in [0.25, 0.3) is 0 Å². The number of thiocarbonyl (C=S) groups is 1. The second-order valence-electron chi connectivity index (χ2n) is 3.65. The van der Waals surface area contributed by atoms with Crippen molar-refractivity contribution >= 4 is 17.2 Å². The predicted molar refractivity (Wildman–Crippen MR) is 62.9 cm³/mol. The highest BCUT2D eigenvalue weighted by molar-refractivity contribution is 7.80. The summed E-state index contributed by atoms with van der Waals surface area (Å²) < 4.78 is 0. The van der Waals surface area contributed by atoms with Crippen LogP contribution in [0.15, 0.2) is 0 Å². The predicted octanol–water partition coefficient (Wildman–Crippen LogP) is 2.03. The van der Waals surface area contributed by atoms with E-state index in [0.29, 0.717) is 16.9 Å². The van der Waals surface area contributed by atoms with Crippen LogP contribution < -0.4 is 5.73 Å². The molecule has 0 spiro atoms. The van der Waals surface area contributed by atoms with Gasteiger partial charge in [-0.25, -0.2) is 0 Å². The van der Waals surface area contributed by atoms with E-state index in [9.17, 15) is 0 Å². The molecule has 0 aliphatic heterocycles. The van der Waals surface area contributed by atoms with E-state index in [2.05, 4.69) is 32.6 Å². The van der Waals surface area contributed by atoms with Crippen LogP contribution >= 0.6 is 12.2 Å². The van der Waals surface area contributed by atoms with E-state index in [4.69, 9.17) is 18.0 Å². The van der Waals surface area contributed by atoms with Crippen LogP contribution in [-0.4, -0.2) is 29.0 Å². The molecule has 0 saturated heterocycles. The van der Waals surface area contributed by atoms with Gasteiger partial charge < -0.3 is 10.6 Å². The SMILES string of the molecule is CCC(C)N(CC)CC(C)C(N)=S. The molecule has 0 aliphatic rings. The van der Waals surface area contributed by atoms with Gasteiger partial charge in [0, 0.05) is 18.5 Å². The lowest BCUT2D eigenvalue weighted by Crippen LogP contribution is -2.39. The molecule has 3 heteroatoms. The lowest BCUT2D eigenvalue weighted by Gasteiger charge is -2.29. The van der Waals surface area contributed by atoms with Crippen molar-refractivity contribution in [2.45, 2.75) is 40.2 Å². The largest absolute Gasteiger partial charge is 0.393 e. The van der Waals surface area contributed by atoms with Crippen LogP contribution in [0.1, 0.15) is 34.1 Å². The first-order valence-electron chi connectivity index (χ1n) is 5.06. The number of rotatable bonds is 6. The smallest absolute Gasteiger partial charge is 0.0768 e. The van der Waals surface area contributed by atoms with E-state index in [-0.39, 0.29) is 0 Å². The first-order chi connectivity index (χ1) is 6.02. The second-order valence-corrected chi connectivity index (χ2v) is 4.12. The summed E-state index contributed by atoms with van der Waals surface area (Å²) in [7, 11) is 0. The Hall–Kier alpha value is -0.150. The monoisotopic (exact) mass is 202 g/mol. The van der Waals surface area contributed by atoms with Gasteiger partial charge in [0.05, 0.1) is 4.99 Å². The van der Waals surface area contributed by atoms with E-state index in [0.717, 1.165) is 13.1 Å². The van der Waals surface area contributed by atoms with Gasteiger partial charge in [-0.3, -0.25) is 0 Å². The van der Waals surface area contributed by atoms with Gasteiger partial charge in [-0.1, -0.05) is 33.0 Å². The van der Waals surface area contributed by atoms with Gasteiger partial charge in [0.15, 0.2) is 0 Å². The molecule has 2 N–H and O–H groups in total. The summed E-state index contributed by atoms with van der Waals surface area (Å²) in [6.07, 6.45) is 1.18. The molecule has 13 heavy (non-hydrogen) atoms. The summed E-state index contributed by atoms with van der Waals surface area (Å²) in [5.74, 6) is 0.323. The number of hydrogen-bond donors (Lipinski definition) is 1. The Morgan fingerprint density at radius 3 is 2.23 bits per heavy atom. The summed E-state index contributed by atoms with van der Waals surface area (Å²) in [5.41, 5.74) is 5.59. The van der Waals surface area contributed by atoms with Crippen molar-refractivity contribution in [1.82, 2.24) is 4.90 Å². The van der Waals surface area contributed by atoms with Crippen molar-refractivity contribution in [3.63, 3.8) is 0 Å². The zero-order chi connectivity index (χ0) is 10.4. The van der Waals surface area contributed by atoms with Gasteiger partial charge in [0.2, 0.25) is 0 Å². The Morgan fingerprint density at radius 2 is 1.92 bits per heavy atom. The third-order valence-electron chi connectivity index (χ3n) is 2.61. The number of nitrogens with two attached hydrogens (primary N) is 1. The van der Waals surface area contributed by atoms with Crippen LogP contribution in [0.5, 0.6) is 0 Å². The van der Waals surface area contributed by atoms with Gasteiger partial charge in [-0.05, 0) is 19.9 Å². The molecule has 0 aromatic rings. The molecule has 0 aromatic carbocycles. The Kier molecular flexibility index (Phi) is 6.25. The second kappa shape index (κ2) is 6.33. The third-order valence-corrected chi connectivity index (χ3v) is 3.02. The molecule has 0 rings (SSSR count). The lowest BCUT2D eigenvalue weighted by atomic mass is 10.1. The zero-order valence-electron chi connectivity index (χ0n) is 9.21. The first-order valence-corrected chi connectivity index (χ1v) is 5.47. The molecular weight excluding hydrogens is 180 g/mol. The Bertz CT molecular complexity index is 159. The minimum Gasteiger partial charge on any atom is -0.393 e. The first kappa shape index (κ1) is 12.8. The van der Waals surface area contributed by atoms with Crippen LogP contribution in [0.3, 0.4) is 0 Å². The maximum absolute atomic E-state index is 5.59. The Labute approximate surface area is 87.5 Å². The average molecular weight is 202 g/mol. The molecule has 0 radical (unpaired) electrons. The summed E-state index contributed by atoms with van der Waals surface area (Å²) >= 11 is 4.96. The summed E-state index contributed by atoms with van der Waals surface area (Å²) in [6, 6.07) is 0.627. The van der Waals surface area contributed by atoms with Gasteiger partial charge in [-0.2, -0.15) is 0 Å². The molecule has 0 aliphatic carbocycles. The molecular formula is C10H22N2S. The van der Waals surface area contributed by atoms with Gasteiger partial charge in [0.25, 0.3) is 0 Å². The molecule has 0 heterocycles. The molecule has 2 nitrogen and oxygen atoms in total. The van der Waals surface area contributed by atoms with Crippen LogP contribution in [0, 0.1) is 5.92 Å². The maximum Gasteiger partial charge on any atom is 0.0768 e. The topological polar surface area (TPSA) is 29.3 Å². The molecule has 0 fully saturated rings. The molecule has 0 saturated carbocycles. The maximum atomic E-state index is 5.59. The highest BCUT2D eigenvalue weighted by Crippen LogP contribution is 2.07. The molecule has 0 aromatic heterocycles. The normalized spacial score (nSPS) is 15.8. The summed E-state index contributed by atoms with van der Waals surface area (Å²) in [5, 5.41) is 0. The summed E-state index contributed by atoms with van der Waals surface area (Å²) in [6.45, 7) is 10.8. The zero-order valence-corrected chi connectivity index (χ0v) is 10.0. The fourth-order valence-corrected chi connectivity index (χ4v) is 1.40. The highest BCUT2D eigenvalue weighted by Gasteiger charge is 2.14. The van der Waals surface area contributed by atoms with Gasteiger partial charge >= 0.3 is 0 Å². The third kappa shape index (κ3) is 4.58.